The molecule has 2 aromatic rings. The van der Waals surface area contributed by atoms with Gasteiger partial charge >= 0.3 is 0 Å². The fourth-order valence-electron chi connectivity index (χ4n) is 2.27. The van der Waals surface area contributed by atoms with Crippen molar-refractivity contribution in [3.63, 3.8) is 0 Å². The molecule has 0 aliphatic carbocycles. The van der Waals surface area contributed by atoms with Crippen LogP contribution in [-0.2, 0) is 18.7 Å². The summed E-state index contributed by atoms with van der Waals surface area (Å²) in [7, 11) is 4.20. The molecule has 0 saturated carbocycles. The van der Waals surface area contributed by atoms with Crippen LogP contribution in [0.1, 0.15) is 21.9 Å². The highest BCUT2D eigenvalue weighted by molar-refractivity contribution is 7.98. The van der Waals surface area contributed by atoms with E-state index < -0.39 is 0 Å². The second-order valence-electron chi connectivity index (χ2n) is 6.02. The van der Waals surface area contributed by atoms with Crippen LogP contribution in [0, 0.1) is 0 Å². The first-order valence-corrected chi connectivity index (χ1v) is 10.4. The normalized spacial score (nSPS) is 10.8. The quantitative estimate of drug-likeness (QED) is 0.255. The van der Waals surface area contributed by atoms with Crippen LogP contribution in [0.2, 0.25) is 0 Å². The van der Waals surface area contributed by atoms with E-state index >= 15 is 0 Å². The Hall–Kier alpha value is -0.640. The highest BCUT2D eigenvalue weighted by Gasteiger charge is 2.02. The number of aliphatic imine (C=N–C) groups is 1. The molecule has 2 rings (SSSR count). The van der Waals surface area contributed by atoms with Crippen LogP contribution < -0.4 is 11.1 Å². The molecule has 6 nitrogen and oxygen atoms in total. The number of imidazole rings is 1. The molecule has 4 N–H and O–H groups in total. The second kappa shape index (κ2) is 17.2. The summed E-state index contributed by atoms with van der Waals surface area (Å²) in [6, 6.07) is 4.46. The van der Waals surface area contributed by atoms with E-state index in [1.54, 1.807) is 6.33 Å². The van der Waals surface area contributed by atoms with Gasteiger partial charge in [-0.3, -0.25) is 4.99 Å². The third-order valence-corrected chi connectivity index (χ3v) is 5.66. The van der Waals surface area contributed by atoms with Crippen molar-refractivity contribution in [2.75, 3.05) is 32.9 Å². The first-order valence-electron chi connectivity index (χ1n) is 8.45. The molecular formula is C17H31Cl3N6S2. The van der Waals surface area contributed by atoms with E-state index in [0.29, 0.717) is 5.96 Å². The van der Waals surface area contributed by atoms with Gasteiger partial charge in [-0.25, -0.2) is 4.98 Å². The largest absolute Gasteiger partial charge is 0.370 e. The third-order valence-electron chi connectivity index (χ3n) is 3.42. The van der Waals surface area contributed by atoms with E-state index in [1.165, 1.54) is 9.75 Å². The maximum Gasteiger partial charge on any atom is 0.188 e. The van der Waals surface area contributed by atoms with Gasteiger partial charge in [0.15, 0.2) is 5.96 Å². The van der Waals surface area contributed by atoms with Gasteiger partial charge in [0.1, 0.15) is 0 Å². The summed E-state index contributed by atoms with van der Waals surface area (Å²) >= 11 is 3.80. The number of hydrogen-bond donors (Lipinski definition) is 3. The van der Waals surface area contributed by atoms with Gasteiger partial charge in [0.2, 0.25) is 0 Å². The minimum absolute atomic E-state index is 0. The molecule has 0 bridgehead atoms. The van der Waals surface area contributed by atoms with Crippen LogP contribution in [-0.4, -0.2) is 53.8 Å². The fraction of sp³-hybridized carbons (Fsp3) is 0.529. The predicted molar refractivity (Wildman–Crippen MR) is 131 cm³/mol. The van der Waals surface area contributed by atoms with Gasteiger partial charge in [-0.15, -0.1) is 48.6 Å². The molecule has 11 heteroatoms. The number of aromatic amines is 1. The molecule has 0 unspecified atom stereocenters. The number of nitrogens with two attached hydrogens (primary N) is 1. The Morgan fingerprint density at radius 3 is 2.71 bits per heavy atom. The molecule has 2 heterocycles. The molecule has 0 aliphatic heterocycles. The number of guanidine groups is 1. The van der Waals surface area contributed by atoms with Crippen LogP contribution in [0.4, 0.5) is 0 Å². The van der Waals surface area contributed by atoms with Crippen molar-refractivity contribution in [3.05, 3.63) is 40.1 Å². The lowest BCUT2D eigenvalue weighted by Crippen LogP contribution is -2.32. The number of thiophene rings is 1. The van der Waals surface area contributed by atoms with Crippen LogP contribution in [0.3, 0.4) is 0 Å². The van der Waals surface area contributed by atoms with Gasteiger partial charge in [0, 0.05) is 40.5 Å². The van der Waals surface area contributed by atoms with E-state index in [9.17, 15) is 0 Å². The number of nitrogens with zero attached hydrogens (tertiary/aromatic N) is 3. The lowest BCUT2D eigenvalue weighted by Gasteiger charge is -2.06. The maximum atomic E-state index is 5.88. The number of thioether (sulfide) groups is 1. The van der Waals surface area contributed by atoms with E-state index in [0.717, 1.165) is 49.7 Å². The molecule has 0 spiro atoms. The molecule has 0 radical (unpaired) electrons. The number of H-pyrrole nitrogens is 1. The van der Waals surface area contributed by atoms with E-state index in [2.05, 4.69) is 51.4 Å². The van der Waals surface area contributed by atoms with E-state index in [1.807, 2.05) is 29.3 Å². The smallest absolute Gasteiger partial charge is 0.188 e. The van der Waals surface area contributed by atoms with Crippen molar-refractivity contribution in [2.45, 2.75) is 25.1 Å². The Morgan fingerprint density at radius 2 is 2.04 bits per heavy atom. The molecule has 0 atom stereocenters. The highest BCUT2D eigenvalue weighted by atomic mass is 35.5. The minimum Gasteiger partial charge on any atom is -0.370 e. The number of nitrogens with one attached hydrogen (secondary N) is 2. The number of aryl methyl sites for hydroxylation is 1. The summed E-state index contributed by atoms with van der Waals surface area (Å²) in [5.74, 6) is 2.56. The molecular weight excluding hydrogens is 459 g/mol. The Bertz CT molecular complexity index is 635. The van der Waals surface area contributed by atoms with E-state index in [-0.39, 0.29) is 37.2 Å². The maximum absolute atomic E-state index is 5.88. The molecule has 0 amide bonds. The van der Waals surface area contributed by atoms with Crippen molar-refractivity contribution < 1.29 is 0 Å². The van der Waals surface area contributed by atoms with Crippen molar-refractivity contribution in [1.29, 1.82) is 0 Å². The van der Waals surface area contributed by atoms with Crippen molar-refractivity contribution in [1.82, 2.24) is 20.2 Å². The summed E-state index contributed by atoms with van der Waals surface area (Å²) in [5.41, 5.74) is 6.96. The molecule has 0 aromatic carbocycles. The summed E-state index contributed by atoms with van der Waals surface area (Å²) in [6.07, 6.45) is 5.56. The SMILES string of the molecule is CN(C)Cc1ccc(CSCCN=C(N)NCCCc2c[nH]cn2)s1.Cl.Cl.Cl. The number of aromatic nitrogens is 2. The average Bonchev–Trinajstić information content (AvgIpc) is 3.23. The monoisotopic (exact) mass is 488 g/mol. The first kappa shape index (κ1) is 29.6. The molecule has 0 aliphatic rings. The lowest BCUT2D eigenvalue weighted by molar-refractivity contribution is 0.406. The highest BCUT2D eigenvalue weighted by Crippen LogP contribution is 2.22. The molecule has 162 valence electrons. The second-order valence-corrected chi connectivity index (χ2v) is 8.37. The van der Waals surface area contributed by atoms with Gasteiger partial charge in [0.25, 0.3) is 0 Å². The van der Waals surface area contributed by atoms with Crippen LogP contribution >= 0.6 is 60.3 Å². The zero-order chi connectivity index (χ0) is 17.9. The van der Waals surface area contributed by atoms with Crippen LogP contribution in [0.15, 0.2) is 29.6 Å². The standard InChI is InChI=1S/C17H28N6S2.3ClH/c1-23(2)11-15-5-6-16(25-15)12-24-9-8-21-17(18)20-7-3-4-14-10-19-13-22-14;;;/h5-6,10,13H,3-4,7-9,11-12H2,1-2H3,(H,19,22)(H3,18,20,21);3*1H. The van der Waals surface area contributed by atoms with Crippen LogP contribution in [0.5, 0.6) is 0 Å². The summed E-state index contributed by atoms with van der Waals surface area (Å²) < 4.78 is 0. The summed E-state index contributed by atoms with van der Waals surface area (Å²) in [4.78, 5) is 16.6. The Kier molecular flexibility index (Phi) is 18.2. The Labute approximate surface area is 194 Å². The number of halogens is 3. The van der Waals surface area contributed by atoms with Crippen molar-refractivity contribution >= 4 is 66.3 Å². The van der Waals surface area contributed by atoms with Crippen LogP contribution in [0.25, 0.3) is 0 Å². The molecule has 2 aromatic heterocycles. The minimum atomic E-state index is 0. The van der Waals surface area contributed by atoms with Gasteiger partial charge in [0.05, 0.1) is 18.6 Å². The van der Waals surface area contributed by atoms with Crippen molar-refractivity contribution in [3.8, 4) is 0 Å². The van der Waals surface area contributed by atoms with Gasteiger partial charge in [-0.2, -0.15) is 11.8 Å². The zero-order valence-corrected chi connectivity index (χ0v) is 20.3. The average molecular weight is 490 g/mol. The predicted octanol–water partition coefficient (Wildman–Crippen LogP) is 3.57. The number of rotatable bonds is 11. The lowest BCUT2D eigenvalue weighted by atomic mass is 10.2. The molecule has 28 heavy (non-hydrogen) atoms. The molecule has 0 fully saturated rings. The topological polar surface area (TPSA) is 82.3 Å². The summed E-state index contributed by atoms with van der Waals surface area (Å²) in [5, 5.41) is 3.15. The Balaban J connectivity index is 0. The zero-order valence-electron chi connectivity index (χ0n) is 16.2. The summed E-state index contributed by atoms with van der Waals surface area (Å²) in [6.45, 7) is 2.58. The van der Waals surface area contributed by atoms with Gasteiger partial charge < -0.3 is 20.9 Å². The van der Waals surface area contributed by atoms with Gasteiger partial charge in [-0.05, 0) is 39.1 Å². The van der Waals surface area contributed by atoms with Gasteiger partial charge in [-0.1, -0.05) is 0 Å². The van der Waals surface area contributed by atoms with E-state index in [4.69, 9.17) is 5.73 Å². The Morgan fingerprint density at radius 1 is 1.29 bits per heavy atom. The fourth-order valence-corrected chi connectivity index (χ4v) is 4.35. The first-order chi connectivity index (χ1) is 12.1. The third kappa shape index (κ3) is 12.7. The number of hydrogen-bond acceptors (Lipinski definition) is 5. The van der Waals surface area contributed by atoms with Crippen molar-refractivity contribution in [2.24, 2.45) is 10.7 Å². The molecule has 0 saturated heterocycles.